The van der Waals surface area contributed by atoms with Crippen molar-refractivity contribution in [1.29, 1.82) is 0 Å². The van der Waals surface area contributed by atoms with Crippen LogP contribution in [0.25, 0.3) is 0 Å². The largest absolute Gasteiger partial charge is 0.462 e. The first-order chi connectivity index (χ1) is 33.5. The molecule has 6 heteroatoms. The van der Waals surface area contributed by atoms with E-state index in [0.29, 0.717) is 19.3 Å². The zero-order valence-electron chi connectivity index (χ0n) is 45.6. The van der Waals surface area contributed by atoms with E-state index in [-0.39, 0.29) is 31.1 Å². The molecule has 68 heavy (non-hydrogen) atoms. The predicted octanol–water partition coefficient (Wildman–Crippen LogP) is 20.0. The quantitative estimate of drug-likeness (QED) is 0.0262. The number of carbonyl (C=O) groups is 3. The van der Waals surface area contributed by atoms with Gasteiger partial charge >= 0.3 is 17.9 Å². The minimum absolute atomic E-state index is 0.0736. The van der Waals surface area contributed by atoms with E-state index >= 15 is 0 Å². The van der Waals surface area contributed by atoms with E-state index in [1.807, 2.05) is 0 Å². The van der Waals surface area contributed by atoms with Crippen molar-refractivity contribution in [1.82, 2.24) is 0 Å². The molecule has 0 bridgehead atoms. The summed E-state index contributed by atoms with van der Waals surface area (Å²) in [5.74, 6) is -0.872. The van der Waals surface area contributed by atoms with Gasteiger partial charge in [-0.25, -0.2) is 0 Å². The van der Waals surface area contributed by atoms with Crippen molar-refractivity contribution >= 4 is 17.9 Å². The number of hydrogen-bond acceptors (Lipinski definition) is 6. The molecule has 0 amide bonds. The van der Waals surface area contributed by atoms with E-state index in [0.717, 1.165) is 77.0 Å². The van der Waals surface area contributed by atoms with Gasteiger partial charge in [0.1, 0.15) is 13.2 Å². The van der Waals surface area contributed by atoms with Crippen LogP contribution < -0.4 is 0 Å². The van der Waals surface area contributed by atoms with E-state index in [9.17, 15) is 14.4 Å². The average Bonchev–Trinajstić information content (AvgIpc) is 3.34. The molecule has 6 nitrogen and oxygen atoms in total. The molecule has 0 aromatic heterocycles. The molecule has 0 aliphatic rings. The third-order valence-electron chi connectivity index (χ3n) is 13.5. The van der Waals surface area contributed by atoms with Gasteiger partial charge in [-0.05, 0) is 44.9 Å². The Kier molecular flexibility index (Phi) is 55.2. The van der Waals surface area contributed by atoms with Crippen LogP contribution in [0, 0.1) is 0 Å². The van der Waals surface area contributed by atoms with Crippen LogP contribution in [-0.4, -0.2) is 37.2 Å². The zero-order valence-corrected chi connectivity index (χ0v) is 45.6. The fourth-order valence-electron chi connectivity index (χ4n) is 8.92. The minimum atomic E-state index is -0.776. The summed E-state index contributed by atoms with van der Waals surface area (Å²) in [5, 5.41) is 0. The van der Waals surface area contributed by atoms with Gasteiger partial charge in [-0.15, -0.1) is 0 Å². The fourth-order valence-corrected chi connectivity index (χ4v) is 8.92. The highest BCUT2D eigenvalue weighted by Gasteiger charge is 2.19. The van der Waals surface area contributed by atoms with Crippen LogP contribution in [0.2, 0.25) is 0 Å². The maximum absolute atomic E-state index is 12.9. The second-order valence-electron chi connectivity index (χ2n) is 20.3. The molecule has 398 valence electrons. The maximum atomic E-state index is 12.9. The average molecular weight is 956 g/mol. The Morgan fingerprint density at radius 2 is 0.529 bits per heavy atom. The summed E-state index contributed by atoms with van der Waals surface area (Å²) in [6, 6.07) is 0. The Morgan fingerprint density at radius 1 is 0.294 bits per heavy atom. The first-order valence-electron chi connectivity index (χ1n) is 30.0. The van der Waals surface area contributed by atoms with Crippen LogP contribution in [0.15, 0.2) is 36.5 Å². The maximum Gasteiger partial charge on any atom is 0.306 e. The molecule has 0 N–H and O–H groups in total. The lowest BCUT2D eigenvalue weighted by Gasteiger charge is -2.18. The molecule has 0 saturated heterocycles. The van der Waals surface area contributed by atoms with Crippen molar-refractivity contribution in [3.8, 4) is 0 Å². The molecule has 1 unspecified atom stereocenters. The fraction of sp³-hybridized carbons (Fsp3) is 0.855. The number of esters is 3. The van der Waals surface area contributed by atoms with E-state index in [2.05, 4.69) is 57.2 Å². The van der Waals surface area contributed by atoms with Gasteiger partial charge in [0.05, 0.1) is 0 Å². The van der Waals surface area contributed by atoms with Gasteiger partial charge in [-0.2, -0.15) is 0 Å². The minimum Gasteiger partial charge on any atom is -0.462 e. The third kappa shape index (κ3) is 54.6. The van der Waals surface area contributed by atoms with Gasteiger partial charge in [0, 0.05) is 19.3 Å². The molecule has 0 aliphatic heterocycles. The van der Waals surface area contributed by atoms with Gasteiger partial charge in [0.15, 0.2) is 6.10 Å². The Hall–Kier alpha value is -2.37. The Morgan fingerprint density at radius 3 is 0.809 bits per heavy atom. The predicted molar refractivity (Wildman–Crippen MR) is 293 cm³/mol. The number of rotatable bonds is 55. The van der Waals surface area contributed by atoms with E-state index in [4.69, 9.17) is 14.2 Å². The lowest BCUT2D eigenvalue weighted by atomic mass is 10.0. The first kappa shape index (κ1) is 65.6. The van der Waals surface area contributed by atoms with Crippen LogP contribution in [0.3, 0.4) is 0 Å². The summed E-state index contributed by atoms with van der Waals surface area (Å²) < 4.78 is 16.9. The van der Waals surface area contributed by atoms with Crippen molar-refractivity contribution in [3.05, 3.63) is 36.5 Å². The summed E-state index contributed by atoms with van der Waals surface area (Å²) in [6.45, 7) is 6.66. The Balaban J connectivity index is 4.37. The number of ether oxygens (including phenoxy) is 3. The second-order valence-corrected chi connectivity index (χ2v) is 20.3. The van der Waals surface area contributed by atoms with Crippen molar-refractivity contribution in [2.75, 3.05) is 13.2 Å². The SMILES string of the molecule is CCCCCCC\C=C/C=C\C=C/CCCCCCCC(=O)OCC(COC(=O)CCCCCCCCCCCCCCCCCC)OC(=O)CCCCCCCCCCCCCCCCCC. The molecule has 0 rings (SSSR count). The highest BCUT2D eigenvalue weighted by molar-refractivity contribution is 5.71. The molecular weight excluding hydrogens is 841 g/mol. The summed E-state index contributed by atoms with van der Waals surface area (Å²) in [4.78, 5) is 38.2. The van der Waals surface area contributed by atoms with E-state index in [1.54, 1.807) is 0 Å². The van der Waals surface area contributed by atoms with Crippen LogP contribution in [-0.2, 0) is 28.6 Å². The van der Waals surface area contributed by atoms with Crippen LogP contribution in [0.5, 0.6) is 0 Å². The van der Waals surface area contributed by atoms with Crippen LogP contribution >= 0.6 is 0 Å². The molecule has 0 spiro atoms. The van der Waals surface area contributed by atoms with E-state index < -0.39 is 6.10 Å². The van der Waals surface area contributed by atoms with Crippen molar-refractivity contribution in [2.45, 2.75) is 329 Å². The summed E-state index contributed by atoms with van der Waals surface area (Å²) in [6.07, 6.45) is 68.4. The summed E-state index contributed by atoms with van der Waals surface area (Å²) in [7, 11) is 0. The number of hydrogen-bond donors (Lipinski definition) is 0. The van der Waals surface area contributed by atoms with Crippen LogP contribution in [0.1, 0.15) is 323 Å². The number of unbranched alkanes of at least 4 members (excludes halogenated alkanes) is 40. The zero-order chi connectivity index (χ0) is 49.3. The van der Waals surface area contributed by atoms with Gasteiger partial charge in [0.2, 0.25) is 0 Å². The molecule has 0 heterocycles. The van der Waals surface area contributed by atoms with Gasteiger partial charge in [0.25, 0.3) is 0 Å². The van der Waals surface area contributed by atoms with Gasteiger partial charge in [-0.1, -0.05) is 295 Å². The molecule has 1 atom stereocenters. The number of allylic oxidation sites excluding steroid dienone is 6. The lowest BCUT2D eigenvalue weighted by Crippen LogP contribution is -2.30. The molecule has 0 radical (unpaired) electrons. The lowest BCUT2D eigenvalue weighted by molar-refractivity contribution is -0.167. The van der Waals surface area contributed by atoms with Gasteiger partial charge in [-0.3, -0.25) is 14.4 Å². The second kappa shape index (κ2) is 57.2. The normalized spacial score (nSPS) is 12.2. The highest BCUT2D eigenvalue weighted by Crippen LogP contribution is 2.17. The van der Waals surface area contributed by atoms with Crippen molar-refractivity contribution < 1.29 is 28.6 Å². The number of carbonyl (C=O) groups excluding carboxylic acids is 3. The summed E-state index contributed by atoms with van der Waals surface area (Å²) >= 11 is 0. The highest BCUT2D eigenvalue weighted by atomic mass is 16.6. The Bertz CT molecular complexity index is 1140. The summed E-state index contributed by atoms with van der Waals surface area (Å²) in [5.41, 5.74) is 0. The molecular formula is C62H114O6. The third-order valence-corrected chi connectivity index (χ3v) is 13.5. The van der Waals surface area contributed by atoms with Gasteiger partial charge < -0.3 is 14.2 Å². The first-order valence-corrected chi connectivity index (χ1v) is 30.0. The monoisotopic (exact) mass is 955 g/mol. The van der Waals surface area contributed by atoms with Crippen molar-refractivity contribution in [3.63, 3.8) is 0 Å². The molecule has 0 saturated carbocycles. The Labute approximate surface area is 423 Å². The standard InChI is InChI=1S/C62H114O6/c1-4-7-10-13-16-19-22-25-28-31-32-35-37-40-43-46-49-52-55-61(64)67-58-59(68-62(65)56-53-50-47-44-41-38-34-30-27-24-21-18-15-12-9-6-3)57-66-60(63)54-51-48-45-42-39-36-33-29-26-23-20-17-14-11-8-5-2/h22,25,28,31-32,35,59H,4-21,23-24,26-27,29-30,33-34,36-58H2,1-3H3/b25-22-,31-28-,35-32-. The molecule has 0 aromatic carbocycles. The topological polar surface area (TPSA) is 78.9 Å². The van der Waals surface area contributed by atoms with Crippen LogP contribution in [0.4, 0.5) is 0 Å². The van der Waals surface area contributed by atoms with E-state index in [1.165, 1.54) is 205 Å². The smallest absolute Gasteiger partial charge is 0.306 e. The van der Waals surface area contributed by atoms with Crippen molar-refractivity contribution in [2.24, 2.45) is 0 Å². The molecule has 0 aromatic rings. The molecule has 0 aliphatic carbocycles. The molecule has 0 fully saturated rings.